The zero-order valence-electron chi connectivity index (χ0n) is 16.0. The van der Waals surface area contributed by atoms with Crippen molar-refractivity contribution >= 4 is 27.5 Å². The number of ether oxygens (including phenoxy) is 1. The number of rotatable bonds is 3. The van der Waals surface area contributed by atoms with Gasteiger partial charge in [-0.2, -0.15) is 0 Å². The van der Waals surface area contributed by atoms with E-state index in [0.717, 1.165) is 21.4 Å². The number of aryl methyl sites for hydroxylation is 1. The number of nitrogens with zero attached hydrogens (tertiary/aromatic N) is 4. The molecule has 0 saturated heterocycles. The molecule has 0 aliphatic rings. The summed E-state index contributed by atoms with van der Waals surface area (Å²) in [5, 5.41) is 0.466. The third-order valence-corrected chi connectivity index (χ3v) is 5.21. The first-order valence-corrected chi connectivity index (χ1v) is 9.22. The van der Waals surface area contributed by atoms with Gasteiger partial charge in [0.2, 0.25) is 0 Å². The van der Waals surface area contributed by atoms with Crippen LogP contribution in [0.1, 0.15) is 5.69 Å². The standard InChI is InChI=1S/C22H18N4O3/c1-24-19-15(21(27)25(2)22(24)28)12-26-18-11-7-6-10-16(18)23-17(20(19)26)13-29-14-8-4-3-5-9-14/h3-12H,13H2,1-2H3. The monoisotopic (exact) mass is 386 g/mol. The predicted molar refractivity (Wildman–Crippen MR) is 111 cm³/mol. The van der Waals surface area contributed by atoms with Crippen molar-refractivity contribution in [2.24, 2.45) is 14.1 Å². The largest absolute Gasteiger partial charge is 0.487 e. The van der Waals surface area contributed by atoms with Crippen molar-refractivity contribution < 1.29 is 4.74 Å². The van der Waals surface area contributed by atoms with Crippen LogP contribution >= 0.6 is 0 Å². The summed E-state index contributed by atoms with van der Waals surface area (Å²) in [7, 11) is 3.16. The van der Waals surface area contributed by atoms with Crippen molar-refractivity contribution in [1.82, 2.24) is 18.5 Å². The summed E-state index contributed by atoms with van der Waals surface area (Å²) in [4.78, 5) is 30.1. The molecule has 0 spiro atoms. The van der Waals surface area contributed by atoms with E-state index in [1.807, 2.05) is 59.0 Å². The van der Waals surface area contributed by atoms with E-state index >= 15 is 0 Å². The Balaban J connectivity index is 1.87. The Morgan fingerprint density at radius 2 is 1.62 bits per heavy atom. The van der Waals surface area contributed by atoms with Gasteiger partial charge in [0.25, 0.3) is 5.56 Å². The molecule has 0 aliphatic carbocycles. The SMILES string of the molecule is Cn1c(=O)c2cn3c4ccccc4nc(COc4ccccc4)c3c2n(C)c1=O. The molecule has 3 aromatic heterocycles. The van der Waals surface area contributed by atoms with Crippen molar-refractivity contribution in [3.8, 4) is 5.75 Å². The summed E-state index contributed by atoms with van der Waals surface area (Å²) < 4.78 is 10.5. The maximum Gasteiger partial charge on any atom is 0.331 e. The Bertz CT molecular complexity index is 1510. The first kappa shape index (κ1) is 17.2. The number of benzene rings is 2. The molecule has 29 heavy (non-hydrogen) atoms. The van der Waals surface area contributed by atoms with Gasteiger partial charge in [0.1, 0.15) is 18.1 Å². The van der Waals surface area contributed by atoms with Crippen molar-refractivity contribution in [3.63, 3.8) is 0 Å². The smallest absolute Gasteiger partial charge is 0.331 e. The highest BCUT2D eigenvalue weighted by atomic mass is 16.5. The number of hydrogen-bond acceptors (Lipinski definition) is 4. The van der Waals surface area contributed by atoms with E-state index in [1.165, 1.54) is 11.6 Å². The van der Waals surface area contributed by atoms with Gasteiger partial charge in [0.05, 0.1) is 27.5 Å². The molecule has 7 nitrogen and oxygen atoms in total. The molecule has 0 radical (unpaired) electrons. The van der Waals surface area contributed by atoms with Gasteiger partial charge in [0.15, 0.2) is 0 Å². The van der Waals surface area contributed by atoms with Crippen LogP contribution in [0.25, 0.3) is 27.5 Å². The molecule has 5 rings (SSSR count). The highest BCUT2D eigenvalue weighted by molar-refractivity contribution is 5.98. The second-order valence-corrected chi connectivity index (χ2v) is 6.96. The summed E-state index contributed by atoms with van der Waals surface area (Å²) in [5.74, 6) is 0.723. The predicted octanol–water partition coefficient (Wildman–Crippen LogP) is 2.62. The lowest BCUT2D eigenvalue weighted by Crippen LogP contribution is -2.36. The maximum absolute atomic E-state index is 12.8. The second kappa shape index (κ2) is 6.34. The molecule has 0 fully saturated rings. The van der Waals surface area contributed by atoms with Gasteiger partial charge in [-0.05, 0) is 24.3 Å². The Morgan fingerprint density at radius 3 is 2.41 bits per heavy atom. The van der Waals surface area contributed by atoms with Crippen LogP contribution in [0.5, 0.6) is 5.75 Å². The highest BCUT2D eigenvalue weighted by Gasteiger charge is 2.19. The van der Waals surface area contributed by atoms with Crippen LogP contribution in [-0.4, -0.2) is 18.5 Å². The van der Waals surface area contributed by atoms with Crippen molar-refractivity contribution in [2.45, 2.75) is 6.61 Å². The molecule has 3 heterocycles. The average molecular weight is 386 g/mol. The molecule has 0 bridgehead atoms. The van der Waals surface area contributed by atoms with Crippen LogP contribution in [0.3, 0.4) is 0 Å². The van der Waals surface area contributed by atoms with Crippen LogP contribution in [0.4, 0.5) is 0 Å². The lowest BCUT2D eigenvalue weighted by molar-refractivity contribution is 0.303. The molecule has 0 amide bonds. The van der Waals surface area contributed by atoms with E-state index in [-0.39, 0.29) is 17.9 Å². The van der Waals surface area contributed by atoms with Crippen LogP contribution in [0.15, 0.2) is 70.4 Å². The van der Waals surface area contributed by atoms with E-state index in [2.05, 4.69) is 0 Å². The first-order chi connectivity index (χ1) is 14.1. The van der Waals surface area contributed by atoms with Crippen molar-refractivity contribution in [1.29, 1.82) is 0 Å². The molecule has 144 valence electrons. The molecule has 0 N–H and O–H groups in total. The Kier molecular flexibility index (Phi) is 3.77. The van der Waals surface area contributed by atoms with Gasteiger partial charge in [-0.1, -0.05) is 30.3 Å². The van der Waals surface area contributed by atoms with Crippen LogP contribution in [0, 0.1) is 0 Å². The molecule has 5 aromatic rings. The molecule has 2 aromatic carbocycles. The zero-order valence-corrected chi connectivity index (χ0v) is 16.0. The minimum absolute atomic E-state index is 0.209. The van der Waals surface area contributed by atoms with Crippen LogP contribution in [0.2, 0.25) is 0 Å². The molecule has 7 heteroatoms. The molecule has 0 aliphatic heterocycles. The quantitative estimate of drug-likeness (QED) is 0.478. The Labute approximate surface area is 165 Å². The molecular formula is C22H18N4O3. The summed E-state index contributed by atoms with van der Waals surface area (Å²) in [6, 6.07) is 17.2. The van der Waals surface area contributed by atoms with E-state index in [4.69, 9.17) is 9.72 Å². The third-order valence-electron chi connectivity index (χ3n) is 5.21. The normalized spacial score (nSPS) is 11.5. The highest BCUT2D eigenvalue weighted by Crippen LogP contribution is 2.26. The van der Waals surface area contributed by atoms with Crippen LogP contribution in [-0.2, 0) is 20.7 Å². The lowest BCUT2D eigenvalue weighted by Gasteiger charge is -2.11. The maximum atomic E-state index is 12.8. The molecule has 0 atom stereocenters. The third kappa shape index (κ3) is 2.55. The number of para-hydroxylation sites is 3. The molecule has 0 saturated carbocycles. The van der Waals surface area contributed by atoms with Gasteiger partial charge < -0.3 is 9.14 Å². The van der Waals surface area contributed by atoms with Gasteiger partial charge in [-0.15, -0.1) is 0 Å². The van der Waals surface area contributed by atoms with Gasteiger partial charge in [-0.3, -0.25) is 13.9 Å². The number of fused-ring (bicyclic) bond motifs is 5. The van der Waals surface area contributed by atoms with E-state index in [9.17, 15) is 9.59 Å². The Morgan fingerprint density at radius 1 is 0.897 bits per heavy atom. The molecular weight excluding hydrogens is 368 g/mol. The van der Waals surface area contributed by atoms with Crippen molar-refractivity contribution in [3.05, 3.63) is 87.3 Å². The van der Waals surface area contributed by atoms with Crippen LogP contribution < -0.4 is 16.0 Å². The Hall–Kier alpha value is -3.87. The summed E-state index contributed by atoms with van der Waals surface area (Å²) in [6.07, 6.45) is 1.78. The minimum atomic E-state index is -0.376. The topological polar surface area (TPSA) is 70.5 Å². The fraction of sp³-hybridized carbons (Fsp3) is 0.136. The number of aromatic nitrogens is 4. The minimum Gasteiger partial charge on any atom is -0.487 e. The summed E-state index contributed by atoms with van der Waals surface area (Å²) in [6.45, 7) is 0.209. The fourth-order valence-electron chi connectivity index (χ4n) is 3.78. The van der Waals surface area contributed by atoms with E-state index in [0.29, 0.717) is 22.1 Å². The lowest BCUT2D eigenvalue weighted by atomic mass is 10.2. The summed E-state index contributed by atoms with van der Waals surface area (Å²) >= 11 is 0. The second-order valence-electron chi connectivity index (χ2n) is 6.96. The average Bonchev–Trinajstić information content (AvgIpc) is 3.16. The van der Waals surface area contributed by atoms with E-state index < -0.39 is 0 Å². The molecule has 0 unspecified atom stereocenters. The number of hydrogen-bond donors (Lipinski definition) is 0. The van der Waals surface area contributed by atoms with Gasteiger partial charge in [0, 0.05) is 20.3 Å². The summed E-state index contributed by atoms with van der Waals surface area (Å²) in [5.41, 5.74) is 2.86. The van der Waals surface area contributed by atoms with Gasteiger partial charge in [-0.25, -0.2) is 9.78 Å². The fourth-order valence-corrected chi connectivity index (χ4v) is 3.78. The van der Waals surface area contributed by atoms with E-state index in [1.54, 1.807) is 13.2 Å². The first-order valence-electron chi connectivity index (χ1n) is 9.22. The van der Waals surface area contributed by atoms with Gasteiger partial charge >= 0.3 is 5.69 Å². The zero-order chi connectivity index (χ0) is 20.1. The van der Waals surface area contributed by atoms with Crippen molar-refractivity contribution in [2.75, 3.05) is 0 Å².